The minimum atomic E-state index is 0.0209. The van der Waals surface area contributed by atoms with Gasteiger partial charge in [0.2, 0.25) is 0 Å². The van der Waals surface area contributed by atoms with Gasteiger partial charge < -0.3 is 15.5 Å². The number of nitrogens with zero attached hydrogens (tertiary/aromatic N) is 1. The van der Waals surface area contributed by atoms with Gasteiger partial charge in [0.1, 0.15) is 0 Å². The van der Waals surface area contributed by atoms with E-state index in [1.54, 1.807) is 0 Å². The molecule has 26 heavy (non-hydrogen) atoms. The molecule has 3 rings (SSSR count). The molecule has 0 aromatic heterocycles. The molecule has 138 valence electrons. The molecule has 1 heterocycles. The van der Waals surface area contributed by atoms with Crippen molar-refractivity contribution in [2.24, 2.45) is 0 Å². The summed E-state index contributed by atoms with van der Waals surface area (Å²) in [6, 6.07) is 18.3. The Morgan fingerprint density at radius 2 is 1.77 bits per heavy atom. The summed E-state index contributed by atoms with van der Waals surface area (Å²) in [7, 11) is 0. The van der Waals surface area contributed by atoms with E-state index in [0.717, 1.165) is 57.0 Å². The molecule has 0 spiro atoms. The van der Waals surface area contributed by atoms with Gasteiger partial charge in [0, 0.05) is 48.9 Å². The Bertz CT molecular complexity index is 669. The molecule has 0 aliphatic carbocycles. The van der Waals surface area contributed by atoms with Gasteiger partial charge in [-0.05, 0) is 42.8 Å². The Hall–Kier alpha value is -1.82. The predicted octanol–water partition coefficient (Wildman–Crippen LogP) is 3.00. The van der Waals surface area contributed by atoms with Gasteiger partial charge in [-0.25, -0.2) is 0 Å². The molecule has 0 unspecified atom stereocenters. The van der Waals surface area contributed by atoms with Gasteiger partial charge in [-0.1, -0.05) is 30.3 Å². The van der Waals surface area contributed by atoms with Crippen LogP contribution in [-0.4, -0.2) is 50.1 Å². The summed E-state index contributed by atoms with van der Waals surface area (Å²) < 4.78 is 0. The van der Waals surface area contributed by atoms with Crippen molar-refractivity contribution in [3.63, 3.8) is 0 Å². The van der Waals surface area contributed by atoms with Gasteiger partial charge in [-0.2, -0.15) is 0 Å². The molecular formula is C21H27N3OS. The number of amides is 1. The minimum absolute atomic E-state index is 0.0209. The molecule has 2 aromatic carbocycles. The quantitative estimate of drug-likeness (QED) is 0.555. The smallest absolute Gasteiger partial charge is 0.251 e. The lowest BCUT2D eigenvalue weighted by atomic mass is 10.1. The maximum Gasteiger partial charge on any atom is 0.251 e. The molecule has 1 saturated heterocycles. The second-order valence-corrected chi connectivity index (χ2v) is 7.55. The molecule has 1 amide bonds. The molecule has 2 aromatic rings. The van der Waals surface area contributed by atoms with Crippen molar-refractivity contribution < 1.29 is 4.79 Å². The van der Waals surface area contributed by atoms with Crippen molar-refractivity contribution >= 4 is 17.7 Å². The van der Waals surface area contributed by atoms with Crippen molar-refractivity contribution in [2.75, 3.05) is 39.3 Å². The SMILES string of the molecule is O=C(NCCCN1CCNCC1)c1ccc(CSc2ccccc2)cc1. The molecule has 0 saturated carbocycles. The number of hydrogen-bond donors (Lipinski definition) is 2. The fourth-order valence-corrected chi connectivity index (χ4v) is 3.85. The largest absolute Gasteiger partial charge is 0.352 e. The Balaban J connectivity index is 1.37. The van der Waals surface area contributed by atoms with Crippen molar-refractivity contribution in [3.05, 3.63) is 65.7 Å². The van der Waals surface area contributed by atoms with Crippen LogP contribution < -0.4 is 10.6 Å². The number of nitrogens with one attached hydrogen (secondary N) is 2. The third-order valence-electron chi connectivity index (χ3n) is 4.51. The average Bonchev–Trinajstić information content (AvgIpc) is 2.71. The summed E-state index contributed by atoms with van der Waals surface area (Å²) >= 11 is 1.81. The van der Waals surface area contributed by atoms with E-state index in [-0.39, 0.29) is 5.91 Å². The van der Waals surface area contributed by atoms with Crippen LogP contribution in [-0.2, 0) is 5.75 Å². The molecule has 0 atom stereocenters. The normalized spacial score (nSPS) is 14.9. The first-order chi connectivity index (χ1) is 12.8. The van der Waals surface area contributed by atoms with Gasteiger partial charge in [-0.15, -0.1) is 11.8 Å². The molecular weight excluding hydrogens is 342 g/mol. The van der Waals surface area contributed by atoms with Gasteiger partial charge in [0.25, 0.3) is 5.91 Å². The zero-order chi connectivity index (χ0) is 18.0. The second kappa shape index (κ2) is 10.4. The molecule has 1 aliphatic heterocycles. The number of benzene rings is 2. The number of carbonyl (C=O) groups is 1. The van der Waals surface area contributed by atoms with Crippen molar-refractivity contribution in [1.29, 1.82) is 0 Å². The van der Waals surface area contributed by atoms with Crippen LogP contribution in [0.15, 0.2) is 59.5 Å². The number of carbonyl (C=O) groups excluding carboxylic acids is 1. The van der Waals surface area contributed by atoms with Crippen molar-refractivity contribution in [1.82, 2.24) is 15.5 Å². The summed E-state index contributed by atoms with van der Waals surface area (Å²) in [5.74, 6) is 0.934. The van der Waals surface area contributed by atoms with E-state index in [4.69, 9.17) is 0 Å². The summed E-state index contributed by atoms with van der Waals surface area (Å²) in [5.41, 5.74) is 1.97. The third-order valence-corrected chi connectivity index (χ3v) is 5.59. The minimum Gasteiger partial charge on any atom is -0.352 e. The highest BCUT2D eigenvalue weighted by molar-refractivity contribution is 7.98. The lowest BCUT2D eigenvalue weighted by molar-refractivity contribution is 0.0951. The van der Waals surface area contributed by atoms with Crippen LogP contribution in [0.1, 0.15) is 22.3 Å². The lowest BCUT2D eigenvalue weighted by Crippen LogP contribution is -2.44. The van der Waals surface area contributed by atoms with Crippen LogP contribution in [0.2, 0.25) is 0 Å². The van der Waals surface area contributed by atoms with Gasteiger partial charge in [0.15, 0.2) is 0 Å². The fourth-order valence-electron chi connectivity index (χ4n) is 2.98. The van der Waals surface area contributed by atoms with Gasteiger partial charge in [-0.3, -0.25) is 4.79 Å². The first-order valence-electron chi connectivity index (χ1n) is 9.29. The van der Waals surface area contributed by atoms with E-state index < -0.39 is 0 Å². The highest BCUT2D eigenvalue weighted by Gasteiger charge is 2.09. The van der Waals surface area contributed by atoms with Crippen LogP contribution >= 0.6 is 11.8 Å². The molecule has 1 aliphatic rings. The van der Waals surface area contributed by atoms with Gasteiger partial charge >= 0.3 is 0 Å². The summed E-state index contributed by atoms with van der Waals surface area (Å²) in [5, 5.41) is 6.38. The summed E-state index contributed by atoms with van der Waals surface area (Å²) in [4.78, 5) is 16.0. The van der Waals surface area contributed by atoms with Crippen LogP contribution in [0.3, 0.4) is 0 Å². The fraction of sp³-hybridized carbons (Fsp3) is 0.381. The molecule has 4 nitrogen and oxygen atoms in total. The Morgan fingerprint density at radius 3 is 2.50 bits per heavy atom. The lowest BCUT2D eigenvalue weighted by Gasteiger charge is -2.27. The maximum absolute atomic E-state index is 12.2. The first-order valence-corrected chi connectivity index (χ1v) is 10.3. The van der Waals surface area contributed by atoms with Crippen LogP contribution in [0.5, 0.6) is 0 Å². The highest BCUT2D eigenvalue weighted by Crippen LogP contribution is 2.22. The standard InChI is InChI=1S/C21H27N3OS/c25-21(23-11-4-14-24-15-12-22-13-16-24)19-9-7-18(8-10-19)17-26-20-5-2-1-3-6-20/h1-3,5-10,22H,4,11-17H2,(H,23,25). The Kier molecular flexibility index (Phi) is 7.55. The van der Waals surface area contributed by atoms with Crippen molar-refractivity contribution in [3.8, 4) is 0 Å². The zero-order valence-electron chi connectivity index (χ0n) is 15.1. The number of piperazine rings is 1. The molecule has 1 fully saturated rings. The molecule has 2 N–H and O–H groups in total. The average molecular weight is 370 g/mol. The molecule has 0 radical (unpaired) electrons. The highest BCUT2D eigenvalue weighted by atomic mass is 32.2. The number of rotatable bonds is 8. The summed E-state index contributed by atoms with van der Waals surface area (Å²) in [6.07, 6.45) is 0.998. The van der Waals surface area contributed by atoms with Crippen LogP contribution in [0.4, 0.5) is 0 Å². The molecule has 0 bridgehead atoms. The Morgan fingerprint density at radius 1 is 1.04 bits per heavy atom. The van der Waals surface area contributed by atoms with E-state index in [2.05, 4.69) is 39.8 Å². The van der Waals surface area contributed by atoms with E-state index in [1.807, 2.05) is 42.1 Å². The van der Waals surface area contributed by atoms with Crippen LogP contribution in [0.25, 0.3) is 0 Å². The van der Waals surface area contributed by atoms with E-state index in [9.17, 15) is 4.79 Å². The topological polar surface area (TPSA) is 44.4 Å². The Labute approximate surface area is 160 Å². The van der Waals surface area contributed by atoms with E-state index >= 15 is 0 Å². The zero-order valence-corrected chi connectivity index (χ0v) is 15.9. The van der Waals surface area contributed by atoms with Crippen molar-refractivity contribution in [2.45, 2.75) is 17.1 Å². The number of hydrogen-bond acceptors (Lipinski definition) is 4. The predicted molar refractivity (Wildman–Crippen MR) is 109 cm³/mol. The molecule has 5 heteroatoms. The number of thioether (sulfide) groups is 1. The second-order valence-electron chi connectivity index (χ2n) is 6.50. The van der Waals surface area contributed by atoms with Gasteiger partial charge in [0.05, 0.1) is 0 Å². The van der Waals surface area contributed by atoms with E-state index in [1.165, 1.54) is 10.5 Å². The third kappa shape index (κ3) is 6.16. The van der Waals surface area contributed by atoms with E-state index in [0.29, 0.717) is 0 Å². The first kappa shape index (κ1) is 19.0. The monoisotopic (exact) mass is 369 g/mol. The maximum atomic E-state index is 12.2. The summed E-state index contributed by atoms with van der Waals surface area (Å²) in [6.45, 7) is 6.14. The van der Waals surface area contributed by atoms with Crippen LogP contribution in [0, 0.1) is 0 Å².